The number of amides is 1. The molecule has 8 nitrogen and oxygen atoms in total. The Morgan fingerprint density at radius 2 is 1.74 bits per heavy atom. The quantitative estimate of drug-likeness (QED) is 0.313. The highest BCUT2D eigenvalue weighted by Gasteiger charge is 2.47. The monoisotopic (exact) mass is 470 g/mol. The van der Waals surface area contributed by atoms with E-state index in [9.17, 15) is 19.8 Å². The molecule has 176 valence electrons. The second-order valence-electron chi connectivity index (χ2n) is 7.72. The normalized spacial score (nSPS) is 16.7. The number of Topliss-reactive ketones (excluding diaryl/α,β-unsaturated/α-hetero) is 1. The second-order valence-corrected chi connectivity index (χ2v) is 7.72. The summed E-state index contributed by atoms with van der Waals surface area (Å²) in [5.74, 6) is -1.39. The third-order valence-corrected chi connectivity index (χ3v) is 5.68. The van der Waals surface area contributed by atoms with Crippen LogP contribution in [0.2, 0.25) is 0 Å². The minimum Gasteiger partial charge on any atom is -0.507 e. The molecule has 1 saturated heterocycles. The number of hydrogen-bond donors (Lipinski definition) is 2. The number of hydrogen-bond acceptors (Lipinski definition) is 7. The van der Waals surface area contributed by atoms with Crippen molar-refractivity contribution in [3.8, 4) is 23.3 Å². The molecule has 0 saturated carbocycles. The molecule has 4 rings (SSSR count). The molecular formula is C27H22N2O6. The van der Waals surface area contributed by atoms with Crippen LogP contribution in [0.3, 0.4) is 0 Å². The molecule has 0 radical (unpaired) electrons. The predicted octanol–water partition coefficient (Wildman–Crippen LogP) is 4.30. The van der Waals surface area contributed by atoms with E-state index in [1.807, 2.05) is 6.07 Å². The molecule has 0 bridgehead atoms. The van der Waals surface area contributed by atoms with Crippen molar-refractivity contribution >= 4 is 23.1 Å². The van der Waals surface area contributed by atoms with Crippen LogP contribution < -0.4 is 14.4 Å². The van der Waals surface area contributed by atoms with E-state index in [-0.39, 0.29) is 22.8 Å². The van der Waals surface area contributed by atoms with Crippen molar-refractivity contribution in [1.82, 2.24) is 0 Å². The van der Waals surface area contributed by atoms with Crippen LogP contribution >= 0.6 is 0 Å². The minimum absolute atomic E-state index is 0.0962. The summed E-state index contributed by atoms with van der Waals surface area (Å²) in [6.07, 6.45) is 0. The molecule has 1 aliphatic heterocycles. The van der Waals surface area contributed by atoms with E-state index in [4.69, 9.17) is 14.7 Å². The van der Waals surface area contributed by atoms with E-state index < -0.39 is 17.7 Å². The van der Waals surface area contributed by atoms with Crippen molar-refractivity contribution in [3.63, 3.8) is 0 Å². The van der Waals surface area contributed by atoms with Crippen LogP contribution in [0, 0.1) is 11.3 Å². The average molecular weight is 470 g/mol. The van der Waals surface area contributed by atoms with Gasteiger partial charge >= 0.3 is 0 Å². The zero-order chi connectivity index (χ0) is 25.1. The summed E-state index contributed by atoms with van der Waals surface area (Å²) in [5, 5.41) is 30.5. The number of nitrogens with zero attached hydrogens (tertiary/aromatic N) is 2. The number of ketones is 1. The van der Waals surface area contributed by atoms with Gasteiger partial charge in [-0.3, -0.25) is 14.5 Å². The third kappa shape index (κ3) is 4.27. The van der Waals surface area contributed by atoms with E-state index >= 15 is 0 Å². The summed E-state index contributed by atoms with van der Waals surface area (Å²) in [4.78, 5) is 27.7. The average Bonchev–Trinajstić information content (AvgIpc) is 3.15. The highest BCUT2D eigenvalue weighted by Crippen LogP contribution is 2.44. The number of carbonyl (C=O) groups is 2. The molecule has 0 aliphatic carbocycles. The summed E-state index contributed by atoms with van der Waals surface area (Å²) < 4.78 is 10.7. The predicted molar refractivity (Wildman–Crippen MR) is 128 cm³/mol. The summed E-state index contributed by atoms with van der Waals surface area (Å²) in [7, 11) is 1.51. The Bertz CT molecular complexity index is 1350. The van der Waals surface area contributed by atoms with Gasteiger partial charge in [-0.05, 0) is 73.2 Å². The van der Waals surface area contributed by atoms with E-state index in [1.165, 1.54) is 36.3 Å². The lowest BCUT2D eigenvalue weighted by Crippen LogP contribution is -2.29. The van der Waals surface area contributed by atoms with Gasteiger partial charge in [-0.25, -0.2) is 0 Å². The Morgan fingerprint density at radius 3 is 2.34 bits per heavy atom. The van der Waals surface area contributed by atoms with Gasteiger partial charge in [0.25, 0.3) is 11.7 Å². The summed E-state index contributed by atoms with van der Waals surface area (Å²) in [5.41, 5.74) is 1.43. The number of nitriles is 1. The van der Waals surface area contributed by atoms with Crippen LogP contribution in [0.1, 0.15) is 29.7 Å². The van der Waals surface area contributed by atoms with Crippen molar-refractivity contribution in [1.29, 1.82) is 5.26 Å². The lowest BCUT2D eigenvalue weighted by molar-refractivity contribution is -0.132. The van der Waals surface area contributed by atoms with Crippen molar-refractivity contribution in [2.75, 3.05) is 18.6 Å². The van der Waals surface area contributed by atoms with Crippen LogP contribution in [0.15, 0.2) is 72.3 Å². The first-order valence-corrected chi connectivity index (χ1v) is 10.8. The molecule has 1 fully saturated rings. The SMILES string of the molecule is CCOc1cc(C2/C(=C(/O)c3ccc(OC)cc3)C(=O)C(=O)N2c2ccc(C#N)cc2)ccc1O. The molecule has 35 heavy (non-hydrogen) atoms. The molecule has 1 heterocycles. The van der Waals surface area contributed by atoms with Crippen LogP contribution in [0.4, 0.5) is 5.69 Å². The Hall–Kier alpha value is -4.77. The number of methoxy groups -OCH3 is 1. The zero-order valence-electron chi connectivity index (χ0n) is 19.1. The molecule has 3 aromatic rings. The van der Waals surface area contributed by atoms with Crippen molar-refractivity contribution < 1.29 is 29.3 Å². The zero-order valence-corrected chi connectivity index (χ0v) is 19.1. The maximum atomic E-state index is 13.2. The number of anilines is 1. The van der Waals surface area contributed by atoms with Gasteiger partial charge < -0.3 is 19.7 Å². The van der Waals surface area contributed by atoms with Gasteiger partial charge in [-0.1, -0.05) is 6.07 Å². The summed E-state index contributed by atoms with van der Waals surface area (Å²) in [6.45, 7) is 2.05. The number of rotatable bonds is 6. The number of phenolic OH excluding ortho intramolecular Hbond substituents is 1. The van der Waals surface area contributed by atoms with Crippen molar-refractivity contribution in [3.05, 3.63) is 89.0 Å². The van der Waals surface area contributed by atoms with E-state index in [1.54, 1.807) is 49.4 Å². The first-order chi connectivity index (χ1) is 16.9. The van der Waals surface area contributed by atoms with E-state index in [0.717, 1.165) is 0 Å². The number of carbonyl (C=O) groups excluding carboxylic acids is 2. The fourth-order valence-electron chi connectivity index (χ4n) is 3.99. The van der Waals surface area contributed by atoms with Crippen molar-refractivity contribution in [2.45, 2.75) is 13.0 Å². The smallest absolute Gasteiger partial charge is 0.300 e. The molecule has 0 aromatic heterocycles. The first kappa shape index (κ1) is 23.4. The number of aromatic hydroxyl groups is 1. The Labute approximate surface area is 201 Å². The molecule has 8 heteroatoms. The minimum atomic E-state index is -1.01. The van der Waals surface area contributed by atoms with Crippen LogP contribution in [0.25, 0.3) is 5.76 Å². The number of aliphatic hydroxyl groups is 1. The number of ether oxygens (including phenoxy) is 2. The van der Waals surface area contributed by atoms with Crippen LogP contribution in [0.5, 0.6) is 17.2 Å². The lowest BCUT2D eigenvalue weighted by Gasteiger charge is -2.26. The Balaban J connectivity index is 1.93. The summed E-state index contributed by atoms with van der Waals surface area (Å²) in [6, 6.07) is 18.2. The molecule has 1 aliphatic rings. The molecule has 1 atom stereocenters. The summed E-state index contributed by atoms with van der Waals surface area (Å²) >= 11 is 0. The van der Waals surface area contributed by atoms with Crippen LogP contribution in [-0.2, 0) is 9.59 Å². The van der Waals surface area contributed by atoms with Gasteiger partial charge in [-0.2, -0.15) is 5.26 Å². The molecule has 0 spiro atoms. The topological polar surface area (TPSA) is 120 Å². The fraction of sp³-hybridized carbons (Fsp3) is 0.148. The molecule has 2 N–H and O–H groups in total. The second kappa shape index (κ2) is 9.61. The maximum Gasteiger partial charge on any atom is 0.300 e. The van der Waals surface area contributed by atoms with Gasteiger partial charge in [0.2, 0.25) is 0 Å². The molecule has 3 aromatic carbocycles. The third-order valence-electron chi connectivity index (χ3n) is 5.68. The molecule has 1 amide bonds. The number of aliphatic hydroxyl groups excluding tert-OH is 1. The van der Waals surface area contributed by atoms with Gasteiger partial charge in [-0.15, -0.1) is 0 Å². The van der Waals surface area contributed by atoms with Crippen molar-refractivity contribution in [2.24, 2.45) is 0 Å². The Morgan fingerprint density at radius 1 is 1.06 bits per heavy atom. The largest absolute Gasteiger partial charge is 0.507 e. The highest BCUT2D eigenvalue weighted by molar-refractivity contribution is 6.51. The van der Waals surface area contributed by atoms with E-state index in [0.29, 0.717) is 34.7 Å². The lowest BCUT2D eigenvalue weighted by atomic mass is 9.94. The maximum absolute atomic E-state index is 13.2. The van der Waals surface area contributed by atoms with Gasteiger partial charge in [0.15, 0.2) is 11.5 Å². The molecular weight excluding hydrogens is 448 g/mol. The fourth-order valence-corrected chi connectivity index (χ4v) is 3.99. The highest BCUT2D eigenvalue weighted by atomic mass is 16.5. The van der Waals surface area contributed by atoms with E-state index in [2.05, 4.69) is 0 Å². The first-order valence-electron chi connectivity index (χ1n) is 10.8. The molecule has 1 unspecified atom stereocenters. The Kier molecular flexibility index (Phi) is 6.42. The van der Waals surface area contributed by atoms with Gasteiger partial charge in [0.05, 0.1) is 37.0 Å². The number of phenols is 1. The van der Waals surface area contributed by atoms with Gasteiger partial charge in [0.1, 0.15) is 11.5 Å². The van der Waals surface area contributed by atoms with Gasteiger partial charge in [0, 0.05) is 11.3 Å². The van der Waals surface area contributed by atoms with Crippen LogP contribution in [-0.4, -0.2) is 35.6 Å². The standard InChI is InChI=1S/C27H22N2O6/c1-3-35-22-14-18(8-13-21(22)30)24-23(25(31)17-6-11-20(34-2)12-7-17)26(32)27(33)29(24)19-9-4-16(15-28)5-10-19/h4-14,24,30-31H,3H2,1-2H3/b25-23-. The number of benzene rings is 3.